The van der Waals surface area contributed by atoms with Crippen molar-refractivity contribution in [3.63, 3.8) is 0 Å². The second-order valence-electron chi connectivity index (χ2n) is 3.41. The van der Waals surface area contributed by atoms with Crippen LogP contribution in [-0.4, -0.2) is 0 Å². The van der Waals surface area contributed by atoms with Crippen molar-refractivity contribution in [3.05, 3.63) is 55.0 Å². The summed E-state index contributed by atoms with van der Waals surface area (Å²) >= 11 is 0. The van der Waals surface area contributed by atoms with E-state index in [9.17, 15) is 0 Å². The number of hydrogen-bond acceptors (Lipinski definition) is 0. The van der Waals surface area contributed by atoms with Crippen molar-refractivity contribution in [2.24, 2.45) is 0 Å². The lowest BCUT2D eigenvalue weighted by Crippen LogP contribution is -1.71. The topological polar surface area (TPSA) is 0 Å². The zero-order valence-electron chi connectivity index (χ0n) is 8.73. The molecule has 0 spiro atoms. The fraction of sp³-hybridized carbons (Fsp3) is 0.357. The highest BCUT2D eigenvalue weighted by Crippen LogP contribution is 2.01. The lowest BCUT2D eigenvalue weighted by molar-refractivity contribution is 0.862. The Kier molecular flexibility index (Phi) is 6.74. The molecule has 0 amide bonds. The number of rotatable bonds is 0. The van der Waals surface area contributed by atoms with Crippen molar-refractivity contribution in [1.82, 2.24) is 0 Å². The molecule has 1 radical (unpaired) electrons. The highest BCUT2D eigenvalue weighted by molar-refractivity contribution is 5.14. The second-order valence-corrected chi connectivity index (χ2v) is 3.41. The summed E-state index contributed by atoms with van der Waals surface area (Å²) in [4.78, 5) is 0. The maximum atomic E-state index is 2.30. The maximum absolute atomic E-state index is 2.30. The lowest BCUT2D eigenvalue weighted by atomic mass is 10.2. The molecule has 0 heteroatoms. The van der Waals surface area contributed by atoms with Crippen molar-refractivity contribution < 1.29 is 0 Å². The van der Waals surface area contributed by atoms with Crippen LogP contribution in [0.25, 0.3) is 0 Å². The van der Waals surface area contributed by atoms with Gasteiger partial charge in [-0.25, -0.2) is 0 Å². The van der Waals surface area contributed by atoms with Crippen LogP contribution in [0, 0.1) is 6.42 Å². The third-order valence-corrected chi connectivity index (χ3v) is 2.12. The normalized spacial score (nSPS) is 28.6. The molecule has 0 heterocycles. The summed E-state index contributed by atoms with van der Waals surface area (Å²) in [5.41, 5.74) is 0. The molecule has 0 fully saturated rings. The number of allylic oxidation sites excluding steroid dienone is 8. The van der Waals surface area contributed by atoms with Gasteiger partial charge in [-0.3, -0.25) is 0 Å². The molecular formula is C14H19. The van der Waals surface area contributed by atoms with Gasteiger partial charge in [0.15, 0.2) is 0 Å². The van der Waals surface area contributed by atoms with Gasteiger partial charge in [0.2, 0.25) is 0 Å². The van der Waals surface area contributed by atoms with Crippen LogP contribution in [0.1, 0.15) is 32.1 Å². The fourth-order valence-electron chi connectivity index (χ4n) is 1.32. The Labute approximate surface area is 87.7 Å². The van der Waals surface area contributed by atoms with Gasteiger partial charge in [-0.1, -0.05) is 48.6 Å². The second kappa shape index (κ2) is 8.55. The molecule has 0 saturated heterocycles. The van der Waals surface area contributed by atoms with E-state index in [1.54, 1.807) is 0 Å². The minimum absolute atomic E-state index is 1.15. The van der Waals surface area contributed by atoms with E-state index < -0.39 is 0 Å². The molecule has 0 aromatic rings. The molecule has 0 aliphatic heterocycles. The zero-order valence-corrected chi connectivity index (χ0v) is 8.73. The lowest BCUT2D eigenvalue weighted by Gasteiger charge is -1.91. The first-order chi connectivity index (χ1) is 7.00. The molecule has 14 heavy (non-hydrogen) atoms. The predicted molar refractivity (Wildman–Crippen MR) is 63.9 cm³/mol. The summed E-state index contributed by atoms with van der Waals surface area (Å²) in [6, 6.07) is 0. The molecule has 0 nitrogen and oxygen atoms in total. The van der Waals surface area contributed by atoms with Crippen LogP contribution in [0.3, 0.4) is 0 Å². The first-order valence-corrected chi connectivity index (χ1v) is 5.47. The fourth-order valence-corrected chi connectivity index (χ4v) is 1.32. The molecule has 0 unspecified atom stereocenters. The molecule has 1 rings (SSSR count). The highest BCUT2D eigenvalue weighted by Gasteiger charge is 1.82. The van der Waals surface area contributed by atoms with Gasteiger partial charge >= 0.3 is 0 Å². The molecule has 75 valence electrons. The van der Waals surface area contributed by atoms with Crippen LogP contribution in [-0.2, 0) is 0 Å². The van der Waals surface area contributed by atoms with Gasteiger partial charge in [-0.2, -0.15) is 0 Å². The summed E-state index contributed by atoms with van der Waals surface area (Å²) in [6.45, 7) is 0. The van der Waals surface area contributed by atoms with E-state index >= 15 is 0 Å². The van der Waals surface area contributed by atoms with Gasteiger partial charge < -0.3 is 0 Å². The van der Waals surface area contributed by atoms with Gasteiger partial charge in [0.05, 0.1) is 0 Å². The first-order valence-electron chi connectivity index (χ1n) is 5.47. The van der Waals surface area contributed by atoms with E-state index in [-0.39, 0.29) is 0 Å². The minimum Gasteiger partial charge on any atom is -0.0885 e. The standard InChI is InChI=1S/C14H19/c1-2-4-6-8-10-12-14-13-11-9-7-5-3-1/h1-7,12,14H,8-11,13H2/b3-1+,6-4+,7-5-,14-12+. The van der Waals surface area contributed by atoms with Crippen LogP contribution in [0.15, 0.2) is 48.6 Å². The van der Waals surface area contributed by atoms with Crippen LogP contribution in [0.4, 0.5) is 0 Å². The van der Waals surface area contributed by atoms with Crippen LogP contribution in [0.2, 0.25) is 0 Å². The predicted octanol–water partition coefficient (Wildman–Crippen LogP) is 4.38. The van der Waals surface area contributed by atoms with Crippen LogP contribution >= 0.6 is 0 Å². The first kappa shape index (κ1) is 11.0. The van der Waals surface area contributed by atoms with E-state index in [4.69, 9.17) is 0 Å². The van der Waals surface area contributed by atoms with E-state index in [1.807, 2.05) is 0 Å². The summed E-state index contributed by atoms with van der Waals surface area (Å²) < 4.78 is 0. The van der Waals surface area contributed by atoms with E-state index in [0.717, 1.165) is 6.42 Å². The van der Waals surface area contributed by atoms with Crippen molar-refractivity contribution >= 4 is 0 Å². The Bertz CT molecular complexity index is 228. The quantitative estimate of drug-likeness (QED) is 0.494. The molecule has 0 saturated carbocycles. The molecule has 0 aromatic carbocycles. The van der Waals surface area contributed by atoms with E-state index in [0.29, 0.717) is 0 Å². The monoisotopic (exact) mass is 187 g/mol. The Balaban J connectivity index is 2.34. The summed E-state index contributed by atoms with van der Waals surface area (Å²) in [7, 11) is 0. The zero-order chi connectivity index (χ0) is 9.90. The summed E-state index contributed by atoms with van der Waals surface area (Å²) in [5, 5.41) is 0. The van der Waals surface area contributed by atoms with E-state index in [2.05, 4.69) is 55.0 Å². The SMILES string of the molecule is [CH]1/C=C/C=C\CCC/C=C/CC/C=C/1. The van der Waals surface area contributed by atoms with Crippen molar-refractivity contribution in [1.29, 1.82) is 0 Å². The summed E-state index contributed by atoms with van der Waals surface area (Å²) in [5.74, 6) is 0. The maximum Gasteiger partial charge on any atom is 0.00473 e. The van der Waals surface area contributed by atoms with Crippen LogP contribution < -0.4 is 0 Å². The Morgan fingerprint density at radius 3 is 2.21 bits per heavy atom. The average molecular weight is 187 g/mol. The average Bonchev–Trinajstić information content (AvgIpc) is 2.22. The smallest absolute Gasteiger partial charge is 0.00473 e. The van der Waals surface area contributed by atoms with Gasteiger partial charge in [0.1, 0.15) is 0 Å². The highest BCUT2D eigenvalue weighted by atomic mass is 13.9. The van der Waals surface area contributed by atoms with Crippen molar-refractivity contribution in [3.8, 4) is 0 Å². The Morgan fingerprint density at radius 1 is 0.500 bits per heavy atom. The largest absolute Gasteiger partial charge is 0.0885 e. The molecular weight excluding hydrogens is 168 g/mol. The third-order valence-electron chi connectivity index (χ3n) is 2.12. The van der Waals surface area contributed by atoms with Crippen molar-refractivity contribution in [2.45, 2.75) is 32.1 Å². The third kappa shape index (κ3) is 6.47. The van der Waals surface area contributed by atoms with E-state index in [1.165, 1.54) is 25.7 Å². The molecule has 0 atom stereocenters. The van der Waals surface area contributed by atoms with Crippen LogP contribution in [0.5, 0.6) is 0 Å². The van der Waals surface area contributed by atoms with Gasteiger partial charge in [-0.05, 0) is 32.1 Å². The Morgan fingerprint density at radius 2 is 1.21 bits per heavy atom. The summed E-state index contributed by atoms with van der Waals surface area (Å²) in [6.07, 6.45) is 25.5. The minimum atomic E-state index is 1.15. The molecule has 1 aliphatic carbocycles. The Hall–Kier alpha value is -1.04. The van der Waals surface area contributed by atoms with Gasteiger partial charge in [0, 0.05) is 6.42 Å². The van der Waals surface area contributed by atoms with Crippen molar-refractivity contribution in [2.75, 3.05) is 0 Å². The molecule has 1 aliphatic rings. The molecule has 0 aromatic heterocycles. The molecule has 0 N–H and O–H groups in total. The number of hydrogen-bond donors (Lipinski definition) is 0. The molecule has 0 bridgehead atoms. The van der Waals surface area contributed by atoms with Gasteiger partial charge in [-0.15, -0.1) is 0 Å². The van der Waals surface area contributed by atoms with Gasteiger partial charge in [0.25, 0.3) is 0 Å².